The number of anilines is 1. The molecule has 0 unspecified atom stereocenters. The minimum Gasteiger partial charge on any atom is -0.346 e. The second kappa shape index (κ2) is 10.2. The molecule has 1 fully saturated rings. The van der Waals surface area contributed by atoms with E-state index in [-0.39, 0.29) is 0 Å². The number of hydrogen-bond acceptors (Lipinski definition) is 3. The first-order chi connectivity index (χ1) is 15.0. The molecule has 2 aromatic carbocycles. The molecular weight excluding hydrogens is 473 g/mol. The monoisotopic (exact) mass is 493 g/mol. The van der Waals surface area contributed by atoms with E-state index in [9.17, 15) is 0 Å². The summed E-state index contributed by atoms with van der Waals surface area (Å²) in [5.74, 6) is 0.740. The number of rotatable bonds is 5. The van der Waals surface area contributed by atoms with Crippen LogP contribution in [-0.4, -0.2) is 50.9 Å². The molecule has 2 heterocycles. The van der Waals surface area contributed by atoms with E-state index in [1.165, 1.54) is 0 Å². The molecule has 4 rings (SSSR count). The van der Waals surface area contributed by atoms with Crippen molar-refractivity contribution in [3.63, 3.8) is 0 Å². The van der Waals surface area contributed by atoms with Gasteiger partial charge in [0.2, 0.25) is 0 Å². The van der Waals surface area contributed by atoms with Crippen LogP contribution < -0.4 is 5.32 Å². The van der Waals surface area contributed by atoms with Crippen LogP contribution in [0.2, 0.25) is 15.1 Å². The fraction of sp³-hybridized carbons (Fsp3) is 0.273. The summed E-state index contributed by atoms with van der Waals surface area (Å²) in [5, 5.41) is 10.7. The van der Waals surface area contributed by atoms with Crippen molar-refractivity contribution in [2.75, 3.05) is 31.5 Å². The number of piperazine rings is 1. The van der Waals surface area contributed by atoms with Gasteiger partial charge in [0, 0.05) is 65.6 Å². The molecule has 1 aliphatic heterocycles. The lowest BCUT2D eigenvalue weighted by molar-refractivity contribution is 0.177. The summed E-state index contributed by atoms with van der Waals surface area (Å²) in [6.07, 6.45) is 1.94. The Kier molecular flexibility index (Phi) is 7.35. The van der Waals surface area contributed by atoms with Crippen molar-refractivity contribution in [1.29, 1.82) is 0 Å². The van der Waals surface area contributed by atoms with Crippen LogP contribution in [-0.2, 0) is 13.1 Å². The maximum absolute atomic E-state index is 6.31. The van der Waals surface area contributed by atoms with Crippen LogP contribution in [0.3, 0.4) is 0 Å². The smallest absolute Gasteiger partial charge is 0.174 e. The first-order valence-corrected chi connectivity index (χ1v) is 11.5. The second-order valence-corrected chi connectivity index (χ2v) is 9.06. The van der Waals surface area contributed by atoms with Gasteiger partial charge in [-0.2, -0.15) is 5.10 Å². The fourth-order valence-electron chi connectivity index (χ4n) is 3.50. The van der Waals surface area contributed by atoms with Gasteiger partial charge in [-0.25, -0.2) is 0 Å². The lowest BCUT2D eigenvalue weighted by Gasteiger charge is -2.36. The van der Waals surface area contributed by atoms with Gasteiger partial charge in [-0.15, -0.1) is 0 Å². The van der Waals surface area contributed by atoms with Gasteiger partial charge in [-0.05, 0) is 42.0 Å². The van der Waals surface area contributed by atoms with Crippen LogP contribution >= 0.6 is 47.0 Å². The minimum atomic E-state index is 0.675. The van der Waals surface area contributed by atoms with Gasteiger partial charge in [0.05, 0.1) is 6.54 Å². The Hall–Kier alpha value is -1.83. The molecule has 0 aliphatic carbocycles. The SMILES string of the molecule is S=C(Nc1ccn(Cc2ccc(Cl)cc2)n1)N1CCN(Cc2c(Cl)cccc2Cl)CC1. The number of halogens is 3. The normalized spacial score (nSPS) is 14.6. The molecule has 0 amide bonds. The topological polar surface area (TPSA) is 36.3 Å². The highest BCUT2D eigenvalue weighted by molar-refractivity contribution is 7.80. The van der Waals surface area contributed by atoms with Gasteiger partial charge < -0.3 is 10.2 Å². The van der Waals surface area contributed by atoms with E-state index in [1.54, 1.807) is 0 Å². The molecule has 1 saturated heterocycles. The molecule has 162 valence electrons. The predicted octanol–water partition coefficient (Wildman–Crippen LogP) is 5.41. The van der Waals surface area contributed by atoms with E-state index in [1.807, 2.05) is 59.4 Å². The van der Waals surface area contributed by atoms with E-state index in [2.05, 4.69) is 20.2 Å². The molecule has 3 aromatic rings. The number of hydrogen-bond donors (Lipinski definition) is 1. The fourth-order valence-corrected chi connectivity index (χ4v) is 4.43. The summed E-state index contributed by atoms with van der Waals surface area (Å²) in [5.41, 5.74) is 2.11. The Morgan fingerprint density at radius 1 is 0.903 bits per heavy atom. The van der Waals surface area contributed by atoms with E-state index in [0.29, 0.717) is 21.7 Å². The van der Waals surface area contributed by atoms with E-state index >= 15 is 0 Å². The third kappa shape index (κ3) is 5.90. The van der Waals surface area contributed by atoms with Gasteiger partial charge >= 0.3 is 0 Å². The van der Waals surface area contributed by atoms with Gasteiger partial charge in [-0.3, -0.25) is 9.58 Å². The molecule has 1 N–H and O–H groups in total. The zero-order valence-electron chi connectivity index (χ0n) is 16.8. The summed E-state index contributed by atoms with van der Waals surface area (Å²) in [7, 11) is 0. The zero-order chi connectivity index (χ0) is 21.8. The van der Waals surface area contributed by atoms with Crippen molar-refractivity contribution in [2.45, 2.75) is 13.1 Å². The van der Waals surface area contributed by atoms with Gasteiger partial charge in [0.25, 0.3) is 0 Å². The Labute approximate surface area is 202 Å². The van der Waals surface area contributed by atoms with Crippen molar-refractivity contribution < 1.29 is 0 Å². The molecule has 1 aromatic heterocycles. The highest BCUT2D eigenvalue weighted by Gasteiger charge is 2.21. The van der Waals surface area contributed by atoms with Gasteiger partial charge in [0.15, 0.2) is 10.9 Å². The molecule has 0 atom stereocenters. The van der Waals surface area contributed by atoms with Crippen LogP contribution in [0.25, 0.3) is 0 Å². The maximum atomic E-state index is 6.31. The van der Waals surface area contributed by atoms with Crippen LogP contribution in [0.15, 0.2) is 54.7 Å². The average Bonchev–Trinajstić information content (AvgIpc) is 3.19. The Bertz CT molecular complexity index is 1030. The summed E-state index contributed by atoms with van der Waals surface area (Å²) in [6.45, 7) is 4.85. The third-order valence-electron chi connectivity index (χ3n) is 5.24. The molecule has 0 saturated carbocycles. The van der Waals surface area contributed by atoms with Gasteiger partial charge in [-0.1, -0.05) is 53.0 Å². The lowest BCUT2D eigenvalue weighted by Crippen LogP contribution is -2.49. The van der Waals surface area contributed by atoms with E-state index in [4.69, 9.17) is 47.0 Å². The van der Waals surface area contributed by atoms with Crippen molar-refractivity contribution >= 4 is 58.0 Å². The zero-order valence-corrected chi connectivity index (χ0v) is 19.9. The molecular formula is C22H22Cl3N5S. The summed E-state index contributed by atoms with van der Waals surface area (Å²) in [4.78, 5) is 4.51. The lowest BCUT2D eigenvalue weighted by atomic mass is 10.2. The highest BCUT2D eigenvalue weighted by Crippen LogP contribution is 2.26. The summed E-state index contributed by atoms with van der Waals surface area (Å²) < 4.78 is 1.87. The van der Waals surface area contributed by atoms with Crippen molar-refractivity contribution in [1.82, 2.24) is 19.6 Å². The molecule has 1 aliphatic rings. The quantitative estimate of drug-likeness (QED) is 0.480. The number of aromatic nitrogens is 2. The van der Waals surface area contributed by atoms with E-state index in [0.717, 1.165) is 54.7 Å². The highest BCUT2D eigenvalue weighted by atomic mass is 35.5. The standard InChI is InChI=1S/C22H22Cl3N5S/c23-17-6-4-16(5-7-17)14-30-9-8-21(27-30)26-22(31)29-12-10-28(11-13-29)15-18-19(24)2-1-3-20(18)25/h1-9H,10-15H2,(H,26,27,31). The van der Waals surface area contributed by atoms with Crippen molar-refractivity contribution in [3.8, 4) is 0 Å². The number of benzene rings is 2. The number of thiocarbonyl (C=S) groups is 1. The molecule has 31 heavy (non-hydrogen) atoms. The van der Waals surface area contributed by atoms with Crippen molar-refractivity contribution in [2.24, 2.45) is 0 Å². The predicted molar refractivity (Wildman–Crippen MR) is 132 cm³/mol. The molecule has 9 heteroatoms. The Morgan fingerprint density at radius 3 is 2.26 bits per heavy atom. The molecule has 0 radical (unpaired) electrons. The van der Waals surface area contributed by atoms with Crippen LogP contribution in [0, 0.1) is 0 Å². The Balaban J connectivity index is 1.27. The first kappa shape index (κ1) is 22.4. The number of nitrogens with one attached hydrogen (secondary N) is 1. The molecule has 5 nitrogen and oxygen atoms in total. The first-order valence-electron chi connectivity index (χ1n) is 9.97. The Morgan fingerprint density at radius 2 is 1.58 bits per heavy atom. The average molecular weight is 495 g/mol. The molecule has 0 bridgehead atoms. The van der Waals surface area contributed by atoms with Crippen molar-refractivity contribution in [3.05, 3.63) is 80.9 Å². The summed E-state index contributed by atoms with van der Waals surface area (Å²) in [6, 6.07) is 15.3. The maximum Gasteiger partial charge on any atom is 0.174 e. The number of nitrogens with zero attached hydrogens (tertiary/aromatic N) is 4. The third-order valence-corrected chi connectivity index (χ3v) is 6.56. The van der Waals surface area contributed by atoms with Gasteiger partial charge in [0.1, 0.15) is 0 Å². The van der Waals surface area contributed by atoms with E-state index < -0.39 is 0 Å². The van der Waals surface area contributed by atoms with Crippen LogP contribution in [0.4, 0.5) is 5.82 Å². The molecule has 0 spiro atoms. The van der Waals surface area contributed by atoms with Crippen LogP contribution in [0.1, 0.15) is 11.1 Å². The second-order valence-electron chi connectivity index (χ2n) is 7.42. The minimum absolute atomic E-state index is 0.675. The summed E-state index contributed by atoms with van der Waals surface area (Å²) >= 11 is 24.2. The largest absolute Gasteiger partial charge is 0.346 e. The van der Waals surface area contributed by atoms with Crippen LogP contribution in [0.5, 0.6) is 0 Å².